The number of β-amino-alcohol motifs (C(OH)–C–C–N with tert-alkyl or cyclic N) is 1. The summed E-state index contributed by atoms with van der Waals surface area (Å²) in [6.07, 6.45) is 1.60. The summed E-state index contributed by atoms with van der Waals surface area (Å²) in [6.45, 7) is 6.63. The third-order valence-electron chi connectivity index (χ3n) is 5.02. The smallest absolute Gasteiger partial charge is 0.257 e. The van der Waals surface area contributed by atoms with Crippen molar-refractivity contribution in [3.05, 3.63) is 53.7 Å². The van der Waals surface area contributed by atoms with Gasteiger partial charge in [0.05, 0.1) is 6.61 Å². The summed E-state index contributed by atoms with van der Waals surface area (Å²) in [5, 5.41) is 9.03. The number of nitrogens with zero attached hydrogens (tertiary/aromatic N) is 3. The van der Waals surface area contributed by atoms with E-state index >= 15 is 0 Å². The molecule has 1 aromatic heterocycles. The molecular weight excluding hydrogens is 330 g/mol. The van der Waals surface area contributed by atoms with Gasteiger partial charge in [-0.2, -0.15) is 0 Å². The van der Waals surface area contributed by atoms with Crippen LogP contribution < -0.4 is 9.47 Å². The van der Waals surface area contributed by atoms with Gasteiger partial charge in [0.25, 0.3) is 5.88 Å². The van der Waals surface area contributed by atoms with E-state index in [-0.39, 0.29) is 12.7 Å². The van der Waals surface area contributed by atoms with Gasteiger partial charge in [-0.15, -0.1) is 0 Å². The number of pyridine rings is 1. The molecule has 1 fully saturated rings. The van der Waals surface area contributed by atoms with Crippen LogP contribution in [-0.2, 0) is 6.54 Å². The summed E-state index contributed by atoms with van der Waals surface area (Å²) in [7, 11) is 0. The Morgan fingerprint density at radius 1 is 1.04 bits per heavy atom. The molecule has 2 aliphatic heterocycles. The Hall–Kier alpha value is -2.15. The van der Waals surface area contributed by atoms with Gasteiger partial charge in [0.1, 0.15) is 6.61 Å². The first kappa shape index (κ1) is 17.3. The number of hydrogen-bond acceptors (Lipinski definition) is 6. The highest BCUT2D eigenvalue weighted by Crippen LogP contribution is 2.33. The molecule has 1 saturated heterocycles. The molecule has 1 atom stereocenters. The number of ether oxygens (including phenoxy) is 2. The van der Waals surface area contributed by atoms with Crippen molar-refractivity contribution < 1.29 is 14.6 Å². The molecule has 4 rings (SSSR count). The van der Waals surface area contributed by atoms with Crippen molar-refractivity contribution in [2.75, 3.05) is 45.9 Å². The largest absolute Gasteiger partial charge is 0.484 e. The molecule has 0 unspecified atom stereocenters. The highest BCUT2D eigenvalue weighted by molar-refractivity contribution is 5.35. The molecule has 0 spiro atoms. The second kappa shape index (κ2) is 8.03. The fourth-order valence-electron chi connectivity index (χ4n) is 3.48. The fraction of sp³-hybridized carbons (Fsp3) is 0.450. The molecule has 2 aliphatic rings. The number of aromatic nitrogens is 1. The molecule has 0 radical (unpaired) electrons. The number of rotatable bonds is 5. The molecule has 1 N–H and O–H groups in total. The molecule has 0 bridgehead atoms. The minimum Gasteiger partial charge on any atom is -0.484 e. The molecule has 1 aromatic carbocycles. The van der Waals surface area contributed by atoms with Crippen LogP contribution in [0.4, 0.5) is 0 Å². The first-order chi connectivity index (χ1) is 12.8. The van der Waals surface area contributed by atoms with Crippen LogP contribution in [0.1, 0.15) is 17.2 Å². The summed E-state index contributed by atoms with van der Waals surface area (Å²) < 4.78 is 11.7. The Bertz CT molecular complexity index is 714. The van der Waals surface area contributed by atoms with Crippen molar-refractivity contribution >= 4 is 0 Å². The third kappa shape index (κ3) is 3.98. The van der Waals surface area contributed by atoms with E-state index in [1.54, 1.807) is 6.20 Å². The molecule has 6 nitrogen and oxygen atoms in total. The number of fused-ring (bicyclic) bond motifs is 1. The van der Waals surface area contributed by atoms with Crippen LogP contribution in [0.3, 0.4) is 0 Å². The Balaban J connectivity index is 1.33. The Morgan fingerprint density at radius 2 is 1.81 bits per heavy atom. The molecule has 26 heavy (non-hydrogen) atoms. The standard InChI is InChI=1S/C20H25N3O3/c24-13-12-22-8-10-23(11-9-22)14-16-3-5-17(6-4-16)19-15-25-18-2-1-7-21-20(18)26-19/h1-7,19,24H,8-15H2/t19-/m1/s1. The minimum absolute atomic E-state index is 0.117. The predicted molar refractivity (Wildman–Crippen MR) is 98.3 cm³/mol. The number of piperazine rings is 1. The molecule has 0 amide bonds. The summed E-state index contributed by atoms with van der Waals surface area (Å²) in [6, 6.07) is 12.3. The van der Waals surface area contributed by atoms with Gasteiger partial charge in [0.2, 0.25) is 0 Å². The first-order valence-corrected chi connectivity index (χ1v) is 9.21. The van der Waals surface area contributed by atoms with Crippen LogP contribution >= 0.6 is 0 Å². The van der Waals surface area contributed by atoms with Crippen LogP contribution in [0.5, 0.6) is 11.6 Å². The van der Waals surface area contributed by atoms with Crippen molar-refractivity contribution in [3.8, 4) is 11.6 Å². The average molecular weight is 355 g/mol. The van der Waals surface area contributed by atoms with Crippen molar-refractivity contribution in [2.24, 2.45) is 0 Å². The van der Waals surface area contributed by atoms with E-state index in [1.807, 2.05) is 12.1 Å². The maximum Gasteiger partial charge on any atom is 0.257 e. The van der Waals surface area contributed by atoms with Crippen molar-refractivity contribution in [2.45, 2.75) is 12.6 Å². The SMILES string of the molecule is OCCN1CCN(Cc2ccc([C@H]3COc4cccnc4O3)cc2)CC1. The van der Waals surface area contributed by atoms with E-state index in [9.17, 15) is 0 Å². The minimum atomic E-state index is -0.117. The van der Waals surface area contributed by atoms with Gasteiger partial charge >= 0.3 is 0 Å². The van der Waals surface area contributed by atoms with Crippen molar-refractivity contribution in [1.29, 1.82) is 0 Å². The summed E-state index contributed by atoms with van der Waals surface area (Å²) in [5.74, 6) is 1.27. The van der Waals surface area contributed by atoms with Crippen LogP contribution in [0, 0.1) is 0 Å². The molecule has 0 aliphatic carbocycles. The predicted octanol–water partition coefficient (Wildman–Crippen LogP) is 1.70. The first-order valence-electron chi connectivity index (χ1n) is 9.21. The molecular formula is C20H25N3O3. The number of aliphatic hydroxyl groups is 1. The second-order valence-corrected chi connectivity index (χ2v) is 6.81. The maximum atomic E-state index is 9.03. The summed E-state index contributed by atoms with van der Waals surface area (Å²) >= 11 is 0. The van der Waals surface area contributed by atoms with Crippen LogP contribution in [-0.4, -0.2) is 65.8 Å². The number of aliphatic hydroxyl groups excluding tert-OH is 1. The van der Waals surface area contributed by atoms with E-state index in [2.05, 4.69) is 39.0 Å². The molecule has 3 heterocycles. The molecule has 6 heteroatoms. The molecule has 0 saturated carbocycles. The van der Waals surface area contributed by atoms with Gasteiger partial charge in [-0.25, -0.2) is 4.98 Å². The Kier molecular flexibility index (Phi) is 5.34. The Morgan fingerprint density at radius 3 is 2.58 bits per heavy atom. The third-order valence-corrected chi connectivity index (χ3v) is 5.02. The second-order valence-electron chi connectivity index (χ2n) is 6.81. The monoisotopic (exact) mass is 355 g/mol. The lowest BCUT2D eigenvalue weighted by Gasteiger charge is -2.34. The lowest BCUT2D eigenvalue weighted by Crippen LogP contribution is -2.46. The van der Waals surface area contributed by atoms with E-state index in [0.717, 1.165) is 44.8 Å². The summed E-state index contributed by atoms with van der Waals surface area (Å²) in [5.41, 5.74) is 2.41. The quantitative estimate of drug-likeness (QED) is 0.881. The van der Waals surface area contributed by atoms with E-state index in [0.29, 0.717) is 18.2 Å². The van der Waals surface area contributed by atoms with Gasteiger partial charge < -0.3 is 14.6 Å². The highest BCUT2D eigenvalue weighted by atomic mass is 16.6. The van der Waals surface area contributed by atoms with E-state index < -0.39 is 0 Å². The van der Waals surface area contributed by atoms with Crippen LogP contribution in [0.25, 0.3) is 0 Å². The van der Waals surface area contributed by atoms with Gasteiger partial charge in [-0.3, -0.25) is 9.80 Å². The number of hydrogen-bond donors (Lipinski definition) is 1. The molecule has 2 aromatic rings. The zero-order chi connectivity index (χ0) is 17.8. The molecule has 138 valence electrons. The maximum absolute atomic E-state index is 9.03. The lowest BCUT2D eigenvalue weighted by molar-refractivity contribution is 0.0850. The zero-order valence-electron chi connectivity index (χ0n) is 14.9. The van der Waals surface area contributed by atoms with Gasteiger partial charge in [-0.1, -0.05) is 24.3 Å². The topological polar surface area (TPSA) is 58.1 Å². The van der Waals surface area contributed by atoms with Crippen LogP contribution in [0.2, 0.25) is 0 Å². The summed E-state index contributed by atoms with van der Waals surface area (Å²) in [4.78, 5) is 9.01. The fourth-order valence-corrected chi connectivity index (χ4v) is 3.48. The van der Waals surface area contributed by atoms with E-state index in [4.69, 9.17) is 14.6 Å². The normalized spacial score (nSPS) is 20.9. The Labute approximate surface area is 154 Å². The lowest BCUT2D eigenvalue weighted by atomic mass is 10.1. The van der Waals surface area contributed by atoms with Gasteiger partial charge in [0.15, 0.2) is 11.9 Å². The highest BCUT2D eigenvalue weighted by Gasteiger charge is 2.23. The van der Waals surface area contributed by atoms with Crippen molar-refractivity contribution in [3.63, 3.8) is 0 Å². The number of benzene rings is 1. The van der Waals surface area contributed by atoms with Crippen LogP contribution in [0.15, 0.2) is 42.6 Å². The van der Waals surface area contributed by atoms with Crippen molar-refractivity contribution in [1.82, 2.24) is 14.8 Å². The van der Waals surface area contributed by atoms with Gasteiger partial charge in [-0.05, 0) is 23.3 Å². The van der Waals surface area contributed by atoms with Gasteiger partial charge in [0, 0.05) is 45.5 Å². The zero-order valence-corrected chi connectivity index (χ0v) is 14.9. The average Bonchev–Trinajstić information content (AvgIpc) is 2.70. The van der Waals surface area contributed by atoms with E-state index in [1.165, 1.54) is 5.56 Å².